The molecule has 0 unspecified atom stereocenters. The van der Waals surface area contributed by atoms with Crippen molar-refractivity contribution in [3.05, 3.63) is 28.8 Å². The number of methoxy groups -OCH3 is 1. The molecule has 1 saturated heterocycles. The smallest absolute Gasteiger partial charge is 0.251 e. The molecule has 0 spiro atoms. The Bertz CT molecular complexity index is 534. The maximum absolute atomic E-state index is 12.1. The van der Waals surface area contributed by atoms with Crippen LogP contribution in [0.1, 0.15) is 29.6 Å². The van der Waals surface area contributed by atoms with Crippen molar-refractivity contribution in [2.45, 2.75) is 19.3 Å². The molecule has 21 heavy (non-hydrogen) atoms. The van der Waals surface area contributed by atoms with Gasteiger partial charge in [0.05, 0.1) is 10.7 Å². The van der Waals surface area contributed by atoms with E-state index in [9.17, 15) is 9.59 Å². The Morgan fingerprint density at radius 2 is 2.29 bits per heavy atom. The number of anilines is 1. The zero-order valence-corrected chi connectivity index (χ0v) is 12.8. The van der Waals surface area contributed by atoms with Gasteiger partial charge in [-0.2, -0.15) is 0 Å². The highest BCUT2D eigenvalue weighted by Crippen LogP contribution is 2.30. The van der Waals surface area contributed by atoms with Crippen LogP contribution in [0.5, 0.6) is 0 Å². The molecule has 0 aliphatic carbocycles. The molecule has 1 aliphatic rings. The SMILES string of the molecule is COCCCNC(=O)c1ccc(Cl)c(N2CCCC2=O)c1. The van der Waals surface area contributed by atoms with Crippen LogP contribution in [0.2, 0.25) is 5.02 Å². The van der Waals surface area contributed by atoms with Crippen molar-refractivity contribution in [1.82, 2.24) is 5.32 Å². The molecule has 0 atom stereocenters. The predicted octanol–water partition coefficient (Wildman–Crippen LogP) is 2.23. The Labute approximate surface area is 129 Å². The molecular formula is C15H19ClN2O3. The first-order valence-electron chi connectivity index (χ1n) is 7.00. The maximum atomic E-state index is 12.1. The number of rotatable bonds is 6. The third-order valence-corrected chi connectivity index (χ3v) is 3.70. The number of hydrogen-bond donors (Lipinski definition) is 1. The average molecular weight is 311 g/mol. The topological polar surface area (TPSA) is 58.6 Å². The Hall–Kier alpha value is -1.59. The van der Waals surface area contributed by atoms with E-state index in [1.54, 1.807) is 30.2 Å². The first kappa shape index (κ1) is 15.8. The number of carbonyl (C=O) groups is 2. The van der Waals surface area contributed by atoms with Crippen LogP contribution in [-0.2, 0) is 9.53 Å². The van der Waals surface area contributed by atoms with Gasteiger partial charge in [-0.3, -0.25) is 9.59 Å². The Morgan fingerprint density at radius 3 is 2.95 bits per heavy atom. The molecule has 5 nitrogen and oxygen atoms in total. The fourth-order valence-corrected chi connectivity index (χ4v) is 2.50. The third-order valence-electron chi connectivity index (χ3n) is 3.38. The van der Waals surface area contributed by atoms with E-state index in [0.717, 1.165) is 12.8 Å². The van der Waals surface area contributed by atoms with Gasteiger partial charge in [-0.15, -0.1) is 0 Å². The van der Waals surface area contributed by atoms with Crippen LogP contribution in [0.3, 0.4) is 0 Å². The largest absolute Gasteiger partial charge is 0.385 e. The summed E-state index contributed by atoms with van der Waals surface area (Å²) in [6.45, 7) is 1.80. The van der Waals surface area contributed by atoms with E-state index in [4.69, 9.17) is 16.3 Å². The fraction of sp³-hybridized carbons (Fsp3) is 0.467. The van der Waals surface area contributed by atoms with Crippen LogP contribution in [0.25, 0.3) is 0 Å². The number of ether oxygens (including phenoxy) is 1. The van der Waals surface area contributed by atoms with E-state index in [1.807, 2.05) is 0 Å². The highest BCUT2D eigenvalue weighted by atomic mass is 35.5. The molecule has 1 aromatic carbocycles. The Morgan fingerprint density at radius 1 is 1.48 bits per heavy atom. The molecule has 0 bridgehead atoms. The molecule has 0 saturated carbocycles. The minimum absolute atomic E-state index is 0.0505. The van der Waals surface area contributed by atoms with Crippen molar-refractivity contribution in [1.29, 1.82) is 0 Å². The van der Waals surface area contributed by atoms with Gasteiger partial charge in [-0.25, -0.2) is 0 Å². The van der Waals surface area contributed by atoms with Crippen molar-refractivity contribution in [3.8, 4) is 0 Å². The molecule has 2 amide bonds. The lowest BCUT2D eigenvalue weighted by Crippen LogP contribution is -2.27. The molecule has 0 radical (unpaired) electrons. The van der Waals surface area contributed by atoms with Crippen LogP contribution in [0.15, 0.2) is 18.2 Å². The normalized spacial score (nSPS) is 14.6. The number of amides is 2. The van der Waals surface area contributed by atoms with Gasteiger partial charge in [0.1, 0.15) is 0 Å². The summed E-state index contributed by atoms with van der Waals surface area (Å²) in [6, 6.07) is 5.00. The second-order valence-corrected chi connectivity index (χ2v) is 5.32. The van der Waals surface area contributed by atoms with E-state index in [-0.39, 0.29) is 11.8 Å². The standard InChI is InChI=1S/C15H19ClN2O3/c1-21-9-3-7-17-15(20)11-5-6-12(16)13(10-11)18-8-2-4-14(18)19/h5-6,10H,2-4,7-9H2,1H3,(H,17,20). The first-order valence-corrected chi connectivity index (χ1v) is 7.38. The molecule has 2 rings (SSSR count). The van der Waals surface area contributed by atoms with Crippen LogP contribution in [-0.4, -0.2) is 38.6 Å². The minimum atomic E-state index is -0.171. The van der Waals surface area contributed by atoms with E-state index in [0.29, 0.717) is 42.4 Å². The fourth-order valence-electron chi connectivity index (χ4n) is 2.28. The highest BCUT2D eigenvalue weighted by molar-refractivity contribution is 6.34. The zero-order valence-electron chi connectivity index (χ0n) is 12.0. The van der Waals surface area contributed by atoms with Gasteiger partial charge in [-0.1, -0.05) is 11.6 Å². The van der Waals surface area contributed by atoms with Crippen LogP contribution >= 0.6 is 11.6 Å². The van der Waals surface area contributed by atoms with Crippen molar-refractivity contribution in [2.24, 2.45) is 0 Å². The molecule has 114 valence electrons. The van der Waals surface area contributed by atoms with Crippen molar-refractivity contribution in [2.75, 3.05) is 31.7 Å². The Balaban J connectivity index is 2.07. The molecule has 1 fully saturated rings. The summed E-state index contributed by atoms with van der Waals surface area (Å²) in [5, 5.41) is 3.30. The van der Waals surface area contributed by atoms with Crippen molar-refractivity contribution < 1.29 is 14.3 Å². The zero-order chi connectivity index (χ0) is 15.2. The number of nitrogens with zero attached hydrogens (tertiary/aromatic N) is 1. The van der Waals surface area contributed by atoms with Crippen molar-refractivity contribution >= 4 is 29.1 Å². The second-order valence-electron chi connectivity index (χ2n) is 4.92. The lowest BCUT2D eigenvalue weighted by atomic mass is 10.1. The quantitative estimate of drug-likeness (QED) is 0.820. The van der Waals surface area contributed by atoms with Crippen molar-refractivity contribution in [3.63, 3.8) is 0 Å². The summed E-state index contributed by atoms with van der Waals surface area (Å²) in [7, 11) is 1.63. The molecule has 6 heteroatoms. The maximum Gasteiger partial charge on any atom is 0.251 e. The number of halogens is 1. The van der Waals surface area contributed by atoms with Gasteiger partial charge in [0.25, 0.3) is 5.91 Å². The summed E-state index contributed by atoms with van der Waals surface area (Å²) in [4.78, 5) is 25.5. The van der Waals surface area contributed by atoms with Crippen LogP contribution < -0.4 is 10.2 Å². The molecule has 1 aliphatic heterocycles. The molecule has 1 N–H and O–H groups in total. The predicted molar refractivity (Wildman–Crippen MR) is 81.9 cm³/mol. The monoisotopic (exact) mass is 310 g/mol. The highest BCUT2D eigenvalue weighted by Gasteiger charge is 2.24. The summed E-state index contributed by atoms with van der Waals surface area (Å²) >= 11 is 6.15. The third kappa shape index (κ3) is 3.95. The number of carbonyl (C=O) groups excluding carboxylic acids is 2. The second kappa shape index (κ2) is 7.43. The van der Waals surface area contributed by atoms with Gasteiger partial charge in [-0.05, 0) is 31.0 Å². The lowest BCUT2D eigenvalue weighted by Gasteiger charge is -2.18. The van der Waals surface area contributed by atoms with E-state index in [1.165, 1.54) is 0 Å². The van der Waals surface area contributed by atoms with E-state index < -0.39 is 0 Å². The average Bonchev–Trinajstić information content (AvgIpc) is 2.90. The molecule has 1 aromatic rings. The minimum Gasteiger partial charge on any atom is -0.385 e. The first-order chi connectivity index (χ1) is 10.1. The molecule has 0 aromatic heterocycles. The van der Waals surface area contributed by atoms with Gasteiger partial charge in [0.15, 0.2) is 0 Å². The van der Waals surface area contributed by atoms with Gasteiger partial charge in [0, 0.05) is 38.8 Å². The summed E-state index contributed by atoms with van der Waals surface area (Å²) in [6.07, 6.45) is 2.11. The Kier molecular flexibility index (Phi) is 5.59. The number of nitrogens with one attached hydrogen (secondary N) is 1. The van der Waals surface area contributed by atoms with Gasteiger partial charge >= 0.3 is 0 Å². The van der Waals surface area contributed by atoms with Gasteiger partial charge in [0.2, 0.25) is 5.91 Å². The molecular weight excluding hydrogens is 292 g/mol. The summed E-state index contributed by atoms with van der Waals surface area (Å²) in [5.74, 6) is -0.120. The summed E-state index contributed by atoms with van der Waals surface area (Å²) < 4.78 is 4.93. The number of benzene rings is 1. The van der Waals surface area contributed by atoms with Gasteiger partial charge < -0.3 is 15.0 Å². The number of hydrogen-bond acceptors (Lipinski definition) is 3. The lowest BCUT2D eigenvalue weighted by molar-refractivity contribution is -0.117. The molecule has 1 heterocycles. The van der Waals surface area contributed by atoms with E-state index >= 15 is 0 Å². The van der Waals surface area contributed by atoms with Crippen LogP contribution in [0, 0.1) is 0 Å². The summed E-state index contributed by atoms with van der Waals surface area (Å²) in [5.41, 5.74) is 1.12. The van der Waals surface area contributed by atoms with Crippen LogP contribution in [0.4, 0.5) is 5.69 Å². The van der Waals surface area contributed by atoms with E-state index in [2.05, 4.69) is 5.32 Å².